The standard InChI is InChI=1S/C21H26N2O3/c1-17-7-3-4-10-20(17)22-11-6-12-23(14-13-22)21(24)16-26-19-9-5-8-18(15-19)25-2/h3-5,7-10,15H,6,11-14,16H2,1-2H3. The summed E-state index contributed by atoms with van der Waals surface area (Å²) in [6.45, 7) is 5.47. The van der Waals surface area contributed by atoms with E-state index >= 15 is 0 Å². The van der Waals surface area contributed by atoms with Crippen LogP contribution in [0, 0.1) is 6.92 Å². The molecule has 1 aliphatic heterocycles. The number of nitrogens with zero attached hydrogens (tertiary/aromatic N) is 2. The Morgan fingerprint density at radius 1 is 1.00 bits per heavy atom. The highest BCUT2D eigenvalue weighted by atomic mass is 16.5. The molecule has 0 bridgehead atoms. The number of carbonyl (C=O) groups is 1. The summed E-state index contributed by atoms with van der Waals surface area (Å²) in [7, 11) is 1.61. The van der Waals surface area contributed by atoms with Crippen molar-refractivity contribution in [2.45, 2.75) is 13.3 Å². The average molecular weight is 354 g/mol. The number of ether oxygens (including phenoxy) is 2. The predicted molar refractivity (Wildman–Crippen MR) is 103 cm³/mol. The summed E-state index contributed by atoms with van der Waals surface area (Å²) in [5.41, 5.74) is 2.53. The minimum atomic E-state index is 0.0273. The van der Waals surface area contributed by atoms with E-state index in [-0.39, 0.29) is 12.5 Å². The van der Waals surface area contributed by atoms with Gasteiger partial charge in [-0.25, -0.2) is 0 Å². The third kappa shape index (κ3) is 4.48. The molecule has 0 aromatic heterocycles. The van der Waals surface area contributed by atoms with Crippen molar-refractivity contribution in [3.8, 4) is 11.5 Å². The predicted octanol–water partition coefficient (Wildman–Crippen LogP) is 3.12. The Bertz CT molecular complexity index is 748. The molecule has 0 aliphatic carbocycles. The zero-order valence-corrected chi connectivity index (χ0v) is 15.5. The molecular formula is C21H26N2O3. The summed E-state index contributed by atoms with van der Waals surface area (Å²) in [5, 5.41) is 0. The van der Waals surface area contributed by atoms with Gasteiger partial charge in [0.1, 0.15) is 11.5 Å². The average Bonchev–Trinajstić information content (AvgIpc) is 2.93. The Hall–Kier alpha value is -2.69. The molecule has 2 aromatic carbocycles. The molecule has 138 valence electrons. The lowest BCUT2D eigenvalue weighted by atomic mass is 10.2. The number of rotatable bonds is 5. The maximum absolute atomic E-state index is 12.5. The van der Waals surface area contributed by atoms with Gasteiger partial charge < -0.3 is 19.3 Å². The lowest BCUT2D eigenvalue weighted by Crippen LogP contribution is -2.38. The fraction of sp³-hybridized carbons (Fsp3) is 0.381. The van der Waals surface area contributed by atoms with Crippen molar-refractivity contribution in [2.75, 3.05) is 44.8 Å². The van der Waals surface area contributed by atoms with Gasteiger partial charge in [-0.3, -0.25) is 4.79 Å². The molecule has 3 rings (SSSR count). The lowest BCUT2D eigenvalue weighted by Gasteiger charge is -2.25. The second kappa shape index (κ2) is 8.61. The number of amides is 1. The van der Waals surface area contributed by atoms with Crippen molar-refractivity contribution >= 4 is 11.6 Å². The number of hydrogen-bond donors (Lipinski definition) is 0. The molecule has 0 unspecified atom stereocenters. The summed E-state index contributed by atoms with van der Waals surface area (Å²) >= 11 is 0. The van der Waals surface area contributed by atoms with Crippen LogP contribution in [0.25, 0.3) is 0 Å². The van der Waals surface area contributed by atoms with Gasteiger partial charge in [-0.15, -0.1) is 0 Å². The van der Waals surface area contributed by atoms with Gasteiger partial charge >= 0.3 is 0 Å². The number of hydrogen-bond acceptors (Lipinski definition) is 4. The molecule has 1 amide bonds. The van der Waals surface area contributed by atoms with E-state index in [1.165, 1.54) is 11.3 Å². The Balaban J connectivity index is 1.55. The maximum Gasteiger partial charge on any atom is 0.260 e. The van der Waals surface area contributed by atoms with Gasteiger partial charge in [0.15, 0.2) is 6.61 Å². The molecule has 2 aromatic rings. The molecule has 1 fully saturated rings. The van der Waals surface area contributed by atoms with Crippen LogP contribution >= 0.6 is 0 Å². The van der Waals surface area contributed by atoms with E-state index in [0.717, 1.165) is 31.8 Å². The smallest absolute Gasteiger partial charge is 0.260 e. The van der Waals surface area contributed by atoms with Gasteiger partial charge in [-0.05, 0) is 37.1 Å². The molecule has 1 saturated heterocycles. The summed E-state index contributed by atoms with van der Waals surface area (Å²) in [6, 6.07) is 15.7. The quantitative estimate of drug-likeness (QED) is 0.827. The van der Waals surface area contributed by atoms with Gasteiger partial charge in [0.05, 0.1) is 7.11 Å². The molecule has 26 heavy (non-hydrogen) atoms. The van der Waals surface area contributed by atoms with Crippen LogP contribution in [0.5, 0.6) is 11.5 Å². The topological polar surface area (TPSA) is 42.0 Å². The minimum Gasteiger partial charge on any atom is -0.497 e. The highest BCUT2D eigenvalue weighted by Crippen LogP contribution is 2.21. The van der Waals surface area contributed by atoms with Crippen LogP contribution < -0.4 is 14.4 Å². The van der Waals surface area contributed by atoms with E-state index < -0.39 is 0 Å². The monoisotopic (exact) mass is 354 g/mol. The van der Waals surface area contributed by atoms with Gasteiger partial charge in [0, 0.05) is 37.9 Å². The van der Waals surface area contributed by atoms with Crippen molar-refractivity contribution in [3.63, 3.8) is 0 Å². The number of anilines is 1. The van der Waals surface area contributed by atoms with E-state index in [1.807, 2.05) is 23.1 Å². The van der Waals surface area contributed by atoms with Crippen LogP contribution in [0.15, 0.2) is 48.5 Å². The van der Waals surface area contributed by atoms with Crippen LogP contribution in [-0.4, -0.2) is 50.7 Å². The fourth-order valence-electron chi connectivity index (χ4n) is 3.25. The Morgan fingerprint density at radius 2 is 1.81 bits per heavy atom. The maximum atomic E-state index is 12.5. The fourth-order valence-corrected chi connectivity index (χ4v) is 3.25. The summed E-state index contributed by atoms with van der Waals surface area (Å²) in [6.07, 6.45) is 0.958. The van der Waals surface area contributed by atoms with Crippen molar-refractivity contribution in [1.29, 1.82) is 0 Å². The minimum absolute atomic E-state index is 0.0273. The van der Waals surface area contributed by atoms with Crippen LogP contribution in [0.3, 0.4) is 0 Å². The van der Waals surface area contributed by atoms with Crippen molar-refractivity contribution < 1.29 is 14.3 Å². The van der Waals surface area contributed by atoms with Crippen LogP contribution in [0.1, 0.15) is 12.0 Å². The summed E-state index contributed by atoms with van der Waals surface area (Å²) < 4.78 is 10.8. The van der Waals surface area contributed by atoms with Crippen molar-refractivity contribution in [3.05, 3.63) is 54.1 Å². The molecule has 5 nitrogen and oxygen atoms in total. The molecule has 1 aliphatic rings. The molecule has 0 N–H and O–H groups in total. The highest BCUT2D eigenvalue weighted by Gasteiger charge is 2.20. The number of methoxy groups -OCH3 is 1. The van der Waals surface area contributed by atoms with Gasteiger partial charge in [0.2, 0.25) is 0 Å². The largest absolute Gasteiger partial charge is 0.497 e. The van der Waals surface area contributed by atoms with Crippen molar-refractivity contribution in [2.24, 2.45) is 0 Å². The lowest BCUT2D eigenvalue weighted by molar-refractivity contribution is -0.133. The SMILES string of the molecule is COc1cccc(OCC(=O)N2CCCN(c3ccccc3C)CC2)c1. The molecule has 0 atom stereocenters. The van der Waals surface area contributed by atoms with E-state index in [9.17, 15) is 4.79 Å². The Morgan fingerprint density at radius 3 is 2.62 bits per heavy atom. The van der Waals surface area contributed by atoms with E-state index in [0.29, 0.717) is 12.3 Å². The number of aryl methyl sites for hydroxylation is 1. The molecule has 0 radical (unpaired) electrons. The first-order valence-corrected chi connectivity index (χ1v) is 9.02. The number of para-hydroxylation sites is 1. The molecule has 0 spiro atoms. The number of carbonyl (C=O) groups excluding carboxylic acids is 1. The third-order valence-electron chi connectivity index (χ3n) is 4.71. The second-order valence-corrected chi connectivity index (χ2v) is 6.48. The molecule has 0 saturated carbocycles. The zero-order valence-electron chi connectivity index (χ0n) is 15.5. The van der Waals surface area contributed by atoms with Gasteiger partial charge in [-0.1, -0.05) is 24.3 Å². The summed E-state index contributed by atoms with van der Waals surface area (Å²) in [5.74, 6) is 1.40. The molecular weight excluding hydrogens is 328 g/mol. The summed E-state index contributed by atoms with van der Waals surface area (Å²) in [4.78, 5) is 16.8. The van der Waals surface area contributed by atoms with E-state index in [2.05, 4.69) is 36.1 Å². The van der Waals surface area contributed by atoms with Crippen LogP contribution in [-0.2, 0) is 4.79 Å². The number of benzene rings is 2. The van der Waals surface area contributed by atoms with Gasteiger partial charge in [0.25, 0.3) is 5.91 Å². The first kappa shape index (κ1) is 18.1. The van der Waals surface area contributed by atoms with Crippen molar-refractivity contribution in [1.82, 2.24) is 4.90 Å². The Labute approximate surface area is 155 Å². The van der Waals surface area contributed by atoms with Crippen LogP contribution in [0.2, 0.25) is 0 Å². The van der Waals surface area contributed by atoms with E-state index in [4.69, 9.17) is 9.47 Å². The zero-order chi connectivity index (χ0) is 18.4. The van der Waals surface area contributed by atoms with Crippen LogP contribution in [0.4, 0.5) is 5.69 Å². The van der Waals surface area contributed by atoms with Gasteiger partial charge in [-0.2, -0.15) is 0 Å². The first-order valence-electron chi connectivity index (χ1n) is 9.02. The third-order valence-corrected chi connectivity index (χ3v) is 4.71. The second-order valence-electron chi connectivity index (χ2n) is 6.48. The molecule has 5 heteroatoms. The highest BCUT2D eigenvalue weighted by molar-refractivity contribution is 5.78. The first-order chi connectivity index (χ1) is 12.7. The molecule has 1 heterocycles. The van der Waals surface area contributed by atoms with E-state index in [1.54, 1.807) is 13.2 Å². The normalized spacial score (nSPS) is 14.7. The Kier molecular flexibility index (Phi) is 6.00.